The predicted octanol–water partition coefficient (Wildman–Crippen LogP) is 1.37. The van der Waals surface area contributed by atoms with Crippen molar-refractivity contribution in [1.82, 2.24) is 44.4 Å². The van der Waals surface area contributed by atoms with Crippen molar-refractivity contribution in [2.45, 2.75) is 25.5 Å². The van der Waals surface area contributed by atoms with Gasteiger partial charge in [0.1, 0.15) is 12.1 Å². The van der Waals surface area contributed by atoms with E-state index in [1.165, 1.54) is 11.8 Å². The number of amides is 1. The summed E-state index contributed by atoms with van der Waals surface area (Å²) >= 11 is 1.27. The highest BCUT2D eigenvalue weighted by Crippen LogP contribution is 2.20. The number of hydrogen-bond donors (Lipinski definition) is 3. The molecule has 0 saturated carbocycles. The molecule has 166 valence electrons. The van der Waals surface area contributed by atoms with E-state index in [-0.39, 0.29) is 11.7 Å². The predicted molar refractivity (Wildman–Crippen MR) is 121 cm³/mol. The highest BCUT2D eigenvalue weighted by molar-refractivity contribution is 7.99. The minimum absolute atomic E-state index is 0.124. The van der Waals surface area contributed by atoms with E-state index in [0.29, 0.717) is 42.5 Å². The summed E-state index contributed by atoms with van der Waals surface area (Å²) in [5, 5.41) is 18.0. The number of fused-ring (bicyclic) bond motifs is 1. The summed E-state index contributed by atoms with van der Waals surface area (Å²) in [7, 11) is 0. The van der Waals surface area contributed by atoms with E-state index in [1.54, 1.807) is 23.1 Å². The van der Waals surface area contributed by atoms with Crippen LogP contribution in [0.25, 0.3) is 11.6 Å². The molecule has 4 aromatic rings. The fraction of sp³-hybridized carbons (Fsp3) is 0.316. The average molecular weight is 454 g/mol. The van der Waals surface area contributed by atoms with Crippen molar-refractivity contribution in [3.05, 3.63) is 42.6 Å². The molecule has 0 saturated heterocycles. The van der Waals surface area contributed by atoms with E-state index in [2.05, 4.69) is 46.1 Å². The van der Waals surface area contributed by atoms with Crippen LogP contribution in [-0.2, 0) is 11.3 Å². The largest absolute Gasteiger partial charge is 0.355 e. The van der Waals surface area contributed by atoms with Gasteiger partial charge in [-0.25, -0.2) is 14.4 Å². The van der Waals surface area contributed by atoms with Crippen LogP contribution in [0.15, 0.2) is 42.2 Å². The van der Waals surface area contributed by atoms with Crippen LogP contribution in [0, 0.1) is 0 Å². The lowest BCUT2D eigenvalue weighted by atomic mass is 10.3. The van der Waals surface area contributed by atoms with Crippen molar-refractivity contribution < 1.29 is 4.79 Å². The van der Waals surface area contributed by atoms with Crippen LogP contribution in [0.5, 0.6) is 0 Å². The molecule has 4 heterocycles. The number of carbonyl (C=O) groups is 1. The Labute approximate surface area is 188 Å². The summed E-state index contributed by atoms with van der Waals surface area (Å²) in [6, 6.07) is 3.80. The van der Waals surface area contributed by atoms with Gasteiger partial charge in [0.2, 0.25) is 17.8 Å². The Hall–Kier alpha value is -3.74. The molecule has 0 fully saturated rings. The molecule has 13 heteroatoms. The molecular weight excluding hydrogens is 430 g/mol. The van der Waals surface area contributed by atoms with E-state index in [0.717, 1.165) is 11.4 Å². The quantitative estimate of drug-likeness (QED) is 0.302. The molecule has 12 nitrogen and oxygen atoms in total. The first kappa shape index (κ1) is 21.5. The van der Waals surface area contributed by atoms with E-state index in [9.17, 15) is 4.79 Å². The van der Waals surface area contributed by atoms with Gasteiger partial charge < -0.3 is 16.0 Å². The molecule has 0 aliphatic heterocycles. The molecule has 32 heavy (non-hydrogen) atoms. The normalized spacial score (nSPS) is 10.9. The van der Waals surface area contributed by atoms with Gasteiger partial charge in [-0.15, -0.1) is 10.2 Å². The fourth-order valence-electron chi connectivity index (χ4n) is 2.85. The standard InChI is InChI=1S/C19H23N11OS/c1-3-21-16-25-17(22-4-2)30-18(26-16)27-28-19(30)32-11-15(31)24-10-13-5-6-14(23-9-13)29-8-7-20-12-29/h5-9,12H,3-4,10-11H2,1-2H3,(H,24,31)(H2,21,22,25,26,27). The van der Waals surface area contributed by atoms with E-state index in [4.69, 9.17) is 0 Å². The molecule has 1 amide bonds. The van der Waals surface area contributed by atoms with Gasteiger partial charge in [-0.1, -0.05) is 17.8 Å². The first-order valence-corrected chi connectivity index (χ1v) is 11.1. The first-order valence-electron chi connectivity index (χ1n) is 10.1. The van der Waals surface area contributed by atoms with Crippen molar-refractivity contribution in [3.8, 4) is 5.82 Å². The number of thioether (sulfide) groups is 1. The van der Waals surface area contributed by atoms with Crippen LogP contribution in [0.4, 0.5) is 11.9 Å². The third-order valence-electron chi connectivity index (χ3n) is 4.32. The number of pyridine rings is 1. The Morgan fingerprint density at radius 1 is 1.12 bits per heavy atom. The molecule has 4 aromatic heterocycles. The lowest BCUT2D eigenvalue weighted by molar-refractivity contribution is -0.118. The van der Waals surface area contributed by atoms with Crippen LogP contribution in [-0.4, -0.2) is 63.9 Å². The molecule has 0 aromatic carbocycles. The Morgan fingerprint density at radius 2 is 2.00 bits per heavy atom. The van der Waals surface area contributed by atoms with Gasteiger partial charge in [-0.3, -0.25) is 9.36 Å². The molecule has 0 atom stereocenters. The number of aromatic nitrogens is 8. The number of nitrogens with zero attached hydrogens (tertiary/aromatic N) is 8. The van der Waals surface area contributed by atoms with E-state index < -0.39 is 0 Å². The van der Waals surface area contributed by atoms with Crippen LogP contribution >= 0.6 is 11.8 Å². The van der Waals surface area contributed by atoms with Crippen LogP contribution in [0.1, 0.15) is 19.4 Å². The Bertz CT molecular complexity index is 1170. The molecule has 0 unspecified atom stereocenters. The second kappa shape index (κ2) is 10.0. The van der Waals surface area contributed by atoms with Gasteiger partial charge in [0, 0.05) is 38.2 Å². The fourth-order valence-corrected chi connectivity index (χ4v) is 3.61. The molecule has 4 rings (SSSR count). The molecule has 0 aliphatic rings. The number of carbonyl (C=O) groups excluding carboxylic acids is 1. The minimum atomic E-state index is -0.124. The van der Waals surface area contributed by atoms with Gasteiger partial charge in [0.25, 0.3) is 5.78 Å². The monoisotopic (exact) mass is 453 g/mol. The van der Waals surface area contributed by atoms with Crippen molar-refractivity contribution in [3.63, 3.8) is 0 Å². The summed E-state index contributed by atoms with van der Waals surface area (Å²) in [6.45, 7) is 5.69. The van der Waals surface area contributed by atoms with Gasteiger partial charge >= 0.3 is 0 Å². The average Bonchev–Trinajstić information content (AvgIpc) is 3.47. The van der Waals surface area contributed by atoms with Crippen molar-refractivity contribution in [2.75, 3.05) is 29.5 Å². The van der Waals surface area contributed by atoms with Crippen LogP contribution < -0.4 is 16.0 Å². The second-order valence-electron chi connectivity index (χ2n) is 6.61. The molecular formula is C19H23N11OS. The number of imidazole rings is 1. The van der Waals surface area contributed by atoms with Crippen LogP contribution in [0.2, 0.25) is 0 Å². The maximum atomic E-state index is 12.4. The number of rotatable bonds is 10. The molecule has 0 bridgehead atoms. The Morgan fingerprint density at radius 3 is 2.72 bits per heavy atom. The number of hydrogen-bond acceptors (Lipinski definition) is 10. The van der Waals surface area contributed by atoms with E-state index in [1.807, 2.05) is 36.7 Å². The maximum Gasteiger partial charge on any atom is 0.261 e. The topological polar surface area (TPSA) is 140 Å². The SMILES string of the molecule is CCNc1nc(NCC)n2c(SCC(=O)NCc3ccc(-n4ccnc4)nc3)nnc2n1. The van der Waals surface area contributed by atoms with Gasteiger partial charge in [-0.2, -0.15) is 9.97 Å². The molecule has 0 aliphatic carbocycles. The van der Waals surface area contributed by atoms with Crippen molar-refractivity contribution in [1.29, 1.82) is 0 Å². The smallest absolute Gasteiger partial charge is 0.261 e. The summed E-state index contributed by atoms with van der Waals surface area (Å²) < 4.78 is 3.52. The molecule has 0 spiro atoms. The summed E-state index contributed by atoms with van der Waals surface area (Å²) in [5.74, 6) is 2.29. The summed E-state index contributed by atoms with van der Waals surface area (Å²) in [4.78, 5) is 29.6. The summed E-state index contributed by atoms with van der Waals surface area (Å²) in [6.07, 6.45) is 6.93. The Kier molecular flexibility index (Phi) is 6.75. The lowest BCUT2D eigenvalue weighted by Gasteiger charge is -2.09. The lowest BCUT2D eigenvalue weighted by Crippen LogP contribution is -2.24. The second-order valence-corrected chi connectivity index (χ2v) is 7.55. The highest BCUT2D eigenvalue weighted by Gasteiger charge is 2.15. The van der Waals surface area contributed by atoms with Crippen LogP contribution in [0.3, 0.4) is 0 Å². The maximum absolute atomic E-state index is 12.4. The van der Waals surface area contributed by atoms with Gasteiger partial charge in [0.15, 0.2) is 5.16 Å². The third kappa shape index (κ3) is 4.94. The zero-order valence-corrected chi connectivity index (χ0v) is 18.5. The first-order chi connectivity index (χ1) is 15.7. The minimum Gasteiger partial charge on any atom is -0.355 e. The zero-order chi connectivity index (χ0) is 22.3. The Balaban J connectivity index is 1.36. The zero-order valence-electron chi connectivity index (χ0n) is 17.7. The van der Waals surface area contributed by atoms with Crippen molar-refractivity contribution >= 4 is 35.3 Å². The van der Waals surface area contributed by atoms with E-state index >= 15 is 0 Å². The van der Waals surface area contributed by atoms with Crippen molar-refractivity contribution in [2.24, 2.45) is 0 Å². The number of nitrogens with one attached hydrogen (secondary N) is 3. The van der Waals surface area contributed by atoms with Gasteiger partial charge in [0.05, 0.1) is 5.75 Å². The molecule has 3 N–H and O–H groups in total. The molecule has 0 radical (unpaired) electrons. The highest BCUT2D eigenvalue weighted by atomic mass is 32.2. The number of anilines is 2. The summed E-state index contributed by atoms with van der Waals surface area (Å²) in [5.41, 5.74) is 0.902. The van der Waals surface area contributed by atoms with Gasteiger partial charge in [-0.05, 0) is 25.5 Å². The third-order valence-corrected chi connectivity index (χ3v) is 5.24.